The fourth-order valence-electron chi connectivity index (χ4n) is 7.33. The van der Waals surface area contributed by atoms with Gasteiger partial charge < -0.3 is 13.7 Å². The summed E-state index contributed by atoms with van der Waals surface area (Å²) in [5.74, 6) is 0.579. The second-order valence-corrected chi connectivity index (χ2v) is 13.2. The van der Waals surface area contributed by atoms with Crippen LogP contribution in [0.4, 0.5) is 17.1 Å². The smallest absolute Gasteiger partial charge is 0.228 e. The first-order chi connectivity index (χ1) is 26.2. The molecule has 53 heavy (non-hydrogen) atoms. The number of fused-ring (bicyclic) bond motifs is 4. The lowest BCUT2D eigenvalue weighted by Gasteiger charge is -2.27. The highest BCUT2D eigenvalue weighted by Crippen LogP contribution is 2.43. The number of anilines is 3. The summed E-state index contributed by atoms with van der Waals surface area (Å²) >= 11 is 0. The van der Waals surface area contributed by atoms with Crippen LogP contribution in [-0.2, 0) is 0 Å². The van der Waals surface area contributed by atoms with Crippen LogP contribution in [0.5, 0.6) is 0 Å². The number of para-hydroxylation sites is 2. The van der Waals surface area contributed by atoms with Gasteiger partial charge in [0.25, 0.3) is 0 Å². The van der Waals surface area contributed by atoms with Gasteiger partial charge in [0.15, 0.2) is 5.58 Å². The van der Waals surface area contributed by atoms with Crippen molar-refractivity contribution in [3.63, 3.8) is 0 Å². The standard InChI is InChI=1S/C49H32N2O2/c1-4-13-33(14-5-1)36-23-25-39(26-24-36)51(41-30-37(34-15-6-2-7-16-34)29-38(31-41)35-17-8-3-9-18-35)40-27-28-42-47(32-40)52-46-22-12-19-43(48(42)46)49-50-44-20-10-11-21-45(44)53-49/h1-32H. The van der Waals surface area contributed by atoms with Gasteiger partial charge >= 0.3 is 0 Å². The molecule has 4 nitrogen and oxygen atoms in total. The van der Waals surface area contributed by atoms with Crippen LogP contribution in [0.1, 0.15) is 0 Å². The van der Waals surface area contributed by atoms with E-state index in [-0.39, 0.29) is 0 Å². The maximum atomic E-state index is 6.62. The first-order valence-electron chi connectivity index (χ1n) is 17.8. The van der Waals surface area contributed by atoms with E-state index in [2.05, 4.69) is 157 Å². The molecule has 0 aliphatic carbocycles. The van der Waals surface area contributed by atoms with Gasteiger partial charge in [-0.05, 0) is 100 Å². The molecule has 0 unspecified atom stereocenters. The molecule has 0 saturated carbocycles. The minimum Gasteiger partial charge on any atom is -0.456 e. The van der Waals surface area contributed by atoms with Crippen LogP contribution >= 0.6 is 0 Å². The molecule has 10 rings (SSSR count). The fraction of sp³-hybridized carbons (Fsp3) is 0. The van der Waals surface area contributed by atoms with Crippen molar-refractivity contribution in [3.05, 3.63) is 194 Å². The SMILES string of the molecule is c1ccc(-c2ccc(N(c3cc(-c4ccccc4)cc(-c4ccccc4)c3)c3ccc4c(c3)oc3cccc(-c5nc6ccccc6o5)c34)cc2)cc1. The number of hydrogen-bond donors (Lipinski definition) is 0. The highest BCUT2D eigenvalue weighted by Gasteiger charge is 2.20. The Balaban J connectivity index is 1.16. The molecular formula is C49H32N2O2. The van der Waals surface area contributed by atoms with Crippen LogP contribution in [0.15, 0.2) is 203 Å². The summed E-state index contributed by atoms with van der Waals surface area (Å²) in [6.07, 6.45) is 0. The van der Waals surface area contributed by atoms with Crippen molar-refractivity contribution in [1.29, 1.82) is 0 Å². The minimum absolute atomic E-state index is 0.579. The average molecular weight is 681 g/mol. The van der Waals surface area contributed by atoms with E-state index >= 15 is 0 Å². The molecule has 0 aliphatic rings. The number of oxazole rings is 1. The topological polar surface area (TPSA) is 42.4 Å². The summed E-state index contributed by atoms with van der Waals surface area (Å²) in [5, 5.41) is 1.99. The Morgan fingerprint density at radius 1 is 0.358 bits per heavy atom. The van der Waals surface area contributed by atoms with E-state index in [1.54, 1.807) is 0 Å². The highest BCUT2D eigenvalue weighted by molar-refractivity contribution is 6.12. The lowest BCUT2D eigenvalue weighted by Crippen LogP contribution is -2.10. The monoisotopic (exact) mass is 680 g/mol. The summed E-state index contributed by atoms with van der Waals surface area (Å²) in [5.41, 5.74) is 14.1. The fourth-order valence-corrected chi connectivity index (χ4v) is 7.33. The largest absolute Gasteiger partial charge is 0.456 e. The van der Waals surface area contributed by atoms with Gasteiger partial charge in [-0.15, -0.1) is 0 Å². The van der Waals surface area contributed by atoms with Crippen LogP contribution in [0.3, 0.4) is 0 Å². The van der Waals surface area contributed by atoms with E-state index < -0.39 is 0 Å². The van der Waals surface area contributed by atoms with Gasteiger partial charge in [-0.3, -0.25) is 0 Å². The lowest BCUT2D eigenvalue weighted by atomic mass is 9.97. The average Bonchev–Trinajstić information content (AvgIpc) is 3.84. The molecule has 0 radical (unpaired) electrons. The van der Waals surface area contributed by atoms with Crippen molar-refractivity contribution in [2.24, 2.45) is 0 Å². The quantitative estimate of drug-likeness (QED) is 0.168. The Kier molecular flexibility index (Phi) is 7.43. The number of rotatable bonds is 7. The van der Waals surface area contributed by atoms with Crippen LogP contribution in [0, 0.1) is 0 Å². The van der Waals surface area contributed by atoms with Crippen molar-refractivity contribution in [2.75, 3.05) is 4.90 Å². The molecule has 250 valence electrons. The van der Waals surface area contributed by atoms with Crippen LogP contribution in [0.25, 0.3) is 77.9 Å². The predicted molar refractivity (Wildman–Crippen MR) is 218 cm³/mol. The van der Waals surface area contributed by atoms with Crippen LogP contribution in [-0.4, -0.2) is 4.98 Å². The summed E-state index contributed by atoms with van der Waals surface area (Å²) in [4.78, 5) is 7.14. The molecule has 0 spiro atoms. The first kappa shape index (κ1) is 30.6. The highest BCUT2D eigenvalue weighted by atomic mass is 16.3. The molecule has 0 amide bonds. The molecule has 4 heteroatoms. The normalized spacial score (nSPS) is 11.4. The maximum absolute atomic E-state index is 6.62. The van der Waals surface area contributed by atoms with Crippen molar-refractivity contribution < 1.29 is 8.83 Å². The van der Waals surface area contributed by atoms with E-state index in [9.17, 15) is 0 Å². The van der Waals surface area contributed by atoms with E-state index in [1.165, 1.54) is 5.56 Å². The van der Waals surface area contributed by atoms with Gasteiger partial charge in [0.2, 0.25) is 5.89 Å². The minimum atomic E-state index is 0.579. The third-order valence-corrected chi connectivity index (χ3v) is 9.89. The van der Waals surface area contributed by atoms with Gasteiger partial charge in [-0.2, -0.15) is 0 Å². The van der Waals surface area contributed by atoms with Gasteiger partial charge in [0.05, 0.1) is 0 Å². The zero-order valence-electron chi connectivity index (χ0n) is 28.7. The Morgan fingerprint density at radius 3 is 1.58 bits per heavy atom. The van der Waals surface area contributed by atoms with Crippen molar-refractivity contribution in [3.8, 4) is 44.8 Å². The summed E-state index contributed by atoms with van der Waals surface area (Å²) in [6.45, 7) is 0. The predicted octanol–water partition coefficient (Wildman–Crippen LogP) is 13.9. The second kappa shape index (κ2) is 12.9. The Morgan fingerprint density at radius 2 is 0.925 bits per heavy atom. The number of hydrogen-bond acceptors (Lipinski definition) is 4. The molecular weight excluding hydrogens is 649 g/mol. The molecule has 0 atom stereocenters. The number of aromatic nitrogens is 1. The van der Waals surface area contributed by atoms with Gasteiger partial charge in [0, 0.05) is 39.5 Å². The van der Waals surface area contributed by atoms with Gasteiger partial charge in [0.1, 0.15) is 16.7 Å². The summed E-state index contributed by atoms with van der Waals surface area (Å²) in [7, 11) is 0. The number of nitrogens with zero attached hydrogens (tertiary/aromatic N) is 2. The van der Waals surface area contributed by atoms with Crippen LogP contribution in [0.2, 0.25) is 0 Å². The van der Waals surface area contributed by atoms with E-state index in [0.29, 0.717) is 5.89 Å². The molecule has 8 aromatic carbocycles. The third kappa shape index (κ3) is 5.63. The summed E-state index contributed by atoms with van der Waals surface area (Å²) in [6, 6.07) is 67.7. The summed E-state index contributed by atoms with van der Waals surface area (Å²) < 4.78 is 12.9. The molecule has 0 saturated heterocycles. The molecule has 2 heterocycles. The molecule has 0 aliphatic heterocycles. The van der Waals surface area contributed by atoms with Crippen molar-refractivity contribution in [1.82, 2.24) is 4.98 Å². The molecule has 2 aromatic heterocycles. The lowest BCUT2D eigenvalue weighted by molar-refractivity contribution is 0.620. The van der Waals surface area contributed by atoms with E-state index in [0.717, 1.165) is 83.5 Å². The Labute approximate surface area is 306 Å². The molecule has 0 fully saturated rings. The van der Waals surface area contributed by atoms with Gasteiger partial charge in [-0.1, -0.05) is 121 Å². The Bertz CT molecular complexity index is 2780. The van der Waals surface area contributed by atoms with Crippen molar-refractivity contribution >= 4 is 50.1 Å². The molecule has 0 N–H and O–H groups in total. The van der Waals surface area contributed by atoms with Gasteiger partial charge in [-0.25, -0.2) is 4.98 Å². The molecule has 10 aromatic rings. The third-order valence-electron chi connectivity index (χ3n) is 9.89. The van der Waals surface area contributed by atoms with E-state index in [1.807, 2.05) is 42.5 Å². The number of furan rings is 1. The first-order valence-corrected chi connectivity index (χ1v) is 17.8. The second-order valence-electron chi connectivity index (χ2n) is 13.2. The maximum Gasteiger partial charge on any atom is 0.228 e. The zero-order valence-corrected chi connectivity index (χ0v) is 28.7. The van der Waals surface area contributed by atoms with Crippen LogP contribution < -0.4 is 4.90 Å². The Hall–Kier alpha value is -7.17. The zero-order chi connectivity index (χ0) is 35.1. The van der Waals surface area contributed by atoms with Crippen molar-refractivity contribution in [2.45, 2.75) is 0 Å². The molecule has 0 bridgehead atoms. The number of benzene rings is 8. The van der Waals surface area contributed by atoms with E-state index in [4.69, 9.17) is 13.8 Å².